The van der Waals surface area contributed by atoms with Gasteiger partial charge in [0.05, 0.1) is 6.61 Å². The highest BCUT2D eigenvalue weighted by molar-refractivity contribution is 5.42. The van der Waals surface area contributed by atoms with Crippen LogP contribution < -0.4 is 9.47 Å². The number of para-hydroxylation sites is 2. The Morgan fingerprint density at radius 2 is 1.77 bits per heavy atom. The Hall–Kier alpha value is -1.22. The Morgan fingerprint density at radius 1 is 1.23 bits per heavy atom. The summed E-state index contributed by atoms with van der Waals surface area (Å²) in [6, 6.07) is 7.51. The van der Waals surface area contributed by atoms with Crippen LogP contribution in [-0.4, -0.2) is 17.5 Å². The first-order valence-electron chi connectivity index (χ1n) is 4.31. The molecule has 1 aliphatic rings. The molecule has 0 saturated carbocycles. The smallest absolute Gasteiger partial charge is 0.251 e. The number of benzene rings is 1. The maximum Gasteiger partial charge on any atom is 0.251 e. The van der Waals surface area contributed by atoms with E-state index in [4.69, 9.17) is 14.6 Å². The highest BCUT2D eigenvalue weighted by atomic mass is 16.7. The molecule has 70 valence electrons. The van der Waals surface area contributed by atoms with Crippen molar-refractivity contribution < 1.29 is 14.6 Å². The molecule has 0 spiro atoms. The highest BCUT2D eigenvalue weighted by Gasteiger charge is 2.35. The molecule has 1 heterocycles. The van der Waals surface area contributed by atoms with Gasteiger partial charge in [-0.1, -0.05) is 12.1 Å². The second-order valence-electron chi connectivity index (χ2n) is 3.26. The topological polar surface area (TPSA) is 38.7 Å². The number of aliphatic hydroxyl groups excluding tert-OH is 1. The molecule has 0 bridgehead atoms. The van der Waals surface area contributed by atoms with Gasteiger partial charge in [-0.15, -0.1) is 0 Å². The molecule has 0 fully saturated rings. The van der Waals surface area contributed by atoms with Crippen LogP contribution in [0.1, 0.15) is 13.3 Å². The fourth-order valence-corrected chi connectivity index (χ4v) is 1.41. The Labute approximate surface area is 76.9 Å². The van der Waals surface area contributed by atoms with Gasteiger partial charge in [-0.2, -0.15) is 0 Å². The van der Waals surface area contributed by atoms with Gasteiger partial charge in [0.25, 0.3) is 5.79 Å². The van der Waals surface area contributed by atoms with Crippen LogP contribution in [0.4, 0.5) is 0 Å². The predicted molar refractivity (Wildman–Crippen MR) is 47.8 cm³/mol. The zero-order valence-electron chi connectivity index (χ0n) is 7.49. The van der Waals surface area contributed by atoms with E-state index in [0.29, 0.717) is 6.42 Å². The Balaban J connectivity index is 2.21. The molecule has 0 saturated heterocycles. The third-order valence-corrected chi connectivity index (χ3v) is 2.07. The summed E-state index contributed by atoms with van der Waals surface area (Å²) >= 11 is 0. The van der Waals surface area contributed by atoms with Crippen molar-refractivity contribution in [3.05, 3.63) is 24.3 Å². The Kier molecular flexibility index (Phi) is 1.88. The molecule has 0 aromatic heterocycles. The zero-order chi connectivity index (χ0) is 9.31. The summed E-state index contributed by atoms with van der Waals surface area (Å²) in [5, 5.41) is 8.81. The fraction of sp³-hybridized carbons (Fsp3) is 0.400. The van der Waals surface area contributed by atoms with Gasteiger partial charge in [0.15, 0.2) is 11.5 Å². The van der Waals surface area contributed by atoms with Gasteiger partial charge in [-0.3, -0.25) is 0 Å². The van der Waals surface area contributed by atoms with E-state index in [-0.39, 0.29) is 6.61 Å². The molecule has 0 unspecified atom stereocenters. The predicted octanol–water partition coefficient (Wildman–Crippen LogP) is 1.56. The van der Waals surface area contributed by atoms with Crippen molar-refractivity contribution in [2.45, 2.75) is 19.1 Å². The third-order valence-electron chi connectivity index (χ3n) is 2.07. The molecule has 1 N–H and O–H groups in total. The Bertz CT molecular complexity index is 284. The third kappa shape index (κ3) is 1.47. The number of aliphatic hydroxyl groups is 1. The molecule has 1 aromatic rings. The van der Waals surface area contributed by atoms with E-state index in [9.17, 15) is 0 Å². The van der Waals surface area contributed by atoms with Crippen molar-refractivity contribution in [3.8, 4) is 11.5 Å². The first-order chi connectivity index (χ1) is 6.23. The minimum Gasteiger partial charge on any atom is -0.449 e. The molecule has 1 aliphatic heterocycles. The summed E-state index contributed by atoms with van der Waals surface area (Å²) in [6.07, 6.45) is 0.474. The molecule has 0 atom stereocenters. The van der Waals surface area contributed by atoms with Gasteiger partial charge >= 0.3 is 0 Å². The Morgan fingerprint density at radius 3 is 2.23 bits per heavy atom. The van der Waals surface area contributed by atoms with Gasteiger partial charge in [-0.05, 0) is 12.1 Å². The van der Waals surface area contributed by atoms with E-state index in [2.05, 4.69) is 0 Å². The van der Waals surface area contributed by atoms with Crippen molar-refractivity contribution in [2.24, 2.45) is 0 Å². The van der Waals surface area contributed by atoms with E-state index in [1.807, 2.05) is 31.2 Å². The lowest BCUT2D eigenvalue weighted by atomic mass is 10.2. The summed E-state index contributed by atoms with van der Waals surface area (Å²) in [4.78, 5) is 0. The van der Waals surface area contributed by atoms with Crippen molar-refractivity contribution in [3.63, 3.8) is 0 Å². The molecule has 0 radical (unpaired) electrons. The lowest BCUT2D eigenvalue weighted by Crippen LogP contribution is -2.35. The first kappa shape index (κ1) is 8.38. The summed E-state index contributed by atoms with van der Waals surface area (Å²) in [6.45, 7) is 1.88. The molecule has 13 heavy (non-hydrogen) atoms. The fourth-order valence-electron chi connectivity index (χ4n) is 1.41. The zero-order valence-corrected chi connectivity index (χ0v) is 7.49. The van der Waals surface area contributed by atoms with E-state index in [1.54, 1.807) is 0 Å². The second-order valence-corrected chi connectivity index (χ2v) is 3.26. The maximum atomic E-state index is 8.81. The van der Waals surface area contributed by atoms with Crippen LogP contribution >= 0.6 is 0 Å². The van der Waals surface area contributed by atoms with Crippen LogP contribution in [0.5, 0.6) is 11.5 Å². The standard InChI is InChI=1S/C10H12O3/c1-10(6-7-11)12-8-4-2-3-5-9(8)13-10/h2-5,11H,6-7H2,1H3. The van der Waals surface area contributed by atoms with Gasteiger partial charge < -0.3 is 14.6 Å². The summed E-state index contributed by atoms with van der Waals surface area (Å²) < 4.78 is 11.1. The number of rotatable bonds is 2. The summed E-state index contributed by atoms with van der Waals surface area (Å²) in [5.74, 6) is 0.801. The lowest BCUT2D eigenvalue weighted by Gasteiger charge is -2.21. The quantitative estimate of drug-likeness (QED) is 0.750. The minimum absolute atomic E-state index is 0.0600. The summed E-state index contributed by atoms with van der Waals surface area (Å²) in [7, 11) is 0. The molecule has 0 amide bonds. The van der Waals surface area contributed by atoms with Gasteiger partial charge in [-0.25, -0.2) is 0 Å². The molecule has 1 aromatic carbocycles. The monoisotopic (exact) mass is 180 g/mol. The van der Waals surface area contributed by atoms with E-state index in [1.165, 1.54) is 0 Å². The minimum atomic E-state index is -0.696. The van der Waals surface area contributed by atoms with Crippen LogP contribution in [-0.2, 0) is 0 Å². The van der Waals surface area contributed by atoms with E-state index < -0.39 is 5.79 Å². The van der Waals surface area contributed by atoms with Gasteiger partial charge in [0, 0.05) is 13.3 Å². The molecule has 0 aliphatic carbocycles. The maximum absolute atomic E-state index is 8.81. The molecule has 2 rings (SSSR count). The van der Waals surface area contributed by atoms with Crippen LogP contribution in [0.15, 0.2) is 24.3 Å². The summed E-state index contributed by atoms with van der Waals surface area (Å²) in [5.41, 5.74) is 0. The van der Waals surface area contributed by atoms with Gasteiger partial charge in [0.1, 0.15) is 0 Å². The normalized spacial score (nSPS) is 17.4. The lowest BCUT2D eigenvalue weighted by molar-refractivity contribution is -0.0769. The van der Waals surface area contributed by atoms with E-state index >= 15 is 0 Å². The molecular weight excluding hydrogens is 168 g/mol. The van der Waals surface area contributed by atoms with Crippen molar-refractivity contribution in [2.75, 3.05) is 6.61 Å². The molecule has 3 heteroatoms. The van der Waals surface area contributed by atoms with Crippen LogP contribution in [0.2, 0.25) is 0 Å². The van der Waals surface area contributed by atoms with Gasteiger partial charge in [0.2, 0.25) is 0 Å². The van der Waals surface area contributed by atoms with Crippen molar-refractivity contribution in [1.82, 2.24) is 0 Å². The van der Waals surface area contributed by atoms with Crippen LogP contribution in [0.3, 0.4) is 0 Å². The van der Waals surface area contributed by atoms with Crippen LogP contribution in [0.25, 0.3) is 0 Å². The largest absolute Gasteiger partial charge is 0.449 e. The number of hydrogen-bond acceptors (Lipinski definition) is 3. The molecule has 3 nitrogen and oxygen atoms in total. The van der Waals surface area contributed by atoms with Crippen LogP contribution in [0, 0.1) is 0 Å². The highest BCUT2D eigenvalue weighted by Crippen LogP contribution is 2.39. The second kappa shape index (κ2) is 2.92. The van der Waals surface area contributed by atoms with E-state index in [0.717, 1.165) is 11.5 Å². The SMILES string of the molecule is CC1(CCO)Oc2ccccc2O1. The van der Waals surface area contributed by atoms with Crippen molar-refractivity contribution in [1.29, 1.82) is 0 Å². The average molecular weight is 180 g/mol. The average Bonchev–Trinajstić information content (AvgIpc) is 2.40. The first-order valence-corrected chi connectivity index (χ1v) is 4.31. The van der Waals surface area contributed by atoms with Crippen molar-refractivity contribution >= 4 is 0 Å². The number of fused-ring (bicyclic) bond motifs is 1. The number of hydrogen-bond donors (Lipinski definition) is 1. The molecular formula is C10H12O3. The number of ether oxygens (including phenoxy) is 2.